The molecule has 1 aliphatic carbocycles. The largest absolute Gasteiger partial charge is 0.197 e. The lowest BCUT2D eigenvalue weighted by Crippen LogP contribution is -1.95. The lowest BCUT2D eigenvalue weighted by molar-refractivity contribution is 0.635. The highest BCUT2D eigenvalue weighted by Gasteiger charge is 2.54. The molecule has 0 saturated heterocycles. The van der Waals surface area contributed by atoms with Crippen molar-refractivity contribution in [2.24, 2.45) is 11.3 Å². The molecule has 0 heterocycles. The van der Waals surface area contributed by atoms with Crippen LogP contribution in [0.2, 0.25) is 0 Å². The van der Waals surface area contributed by atoms with Crippen LogP contribution in [0.15, 0.2) is 0 Å². The Hall–Kier alpha value is -1.02. The molecule has 1 fully saturated rings. The lowest BCUT2D eigenvalue weighted by atomic mass is 10.1. The molecule has 0 aromatic heterocycles. The number of hydrogen-bond acceptors (Lipinski definition) is 2. The van der Waals surface area contributed by atoms with Crippen molar-refractivity contribution in [2.75, 3.05) is 0 Å². The molecular weight excluding hydrogens is 124 g/mol. The van der Waals surface area contributed by atoms with Gasteiger partial charge in [-0.1, -0.05) is 13.3 Å². The summed E-state index contributed by atoms with van der Waals surface area (Å²) in [6.45, 7) is 2.08. The molecule has 10 heavy (non-hydrogen) atoms. The monoisotopic (exact) mass is 134 g/mol. The van der Waals surface area contributed by atoms with Gasteiger partial charge in [-0.2, -0.15) is 10.5 Å². The summed E-state index contributed by atoms with van der Waals surface area (Å²) < 4.78 is 0. The maximum Gasteiger partial charge on any atom is 0.147 e. The third-order valence-corrected chi connectivity index (χ3v) is 2.14. The Balaban J connectivity index is 2.50. The highest BCUT2D eigenvalue weighted by molar-refractivity contribution is 5.27. The van der Waals surface area contributed by atoms with E-state index in [1.807, 2.05) is 0 Å². The third kappa shape index (κ3) is 0.866. The molecule has 2 nitrogen and oxygen atoms in total. The van der Waals surface area contributed by atoms with Gasteiger partial charge in [0.15, 0.2) is 0 Å². The Morgan fingerprint density at radius 1 is 1.50 bits per heavy atom. The van der Waals surface area contributed by atoms with E-state index in [1.165, 1.54) is 0 Å². The van der Waals surface area contributed by atoms with E-state index in [4.69, 9.17) is 10.5 Å². The fraction of sp³-hybridized carbons (Fsp3) is 0.750. The molecule has 0 amide bonds. The van der Waals surface area contributed by atoms with Crippen LogP contribution in [0.25, 0.3) is 0 Å². The van der Waals surface area contributed by atoms with Crippen molar-refractivity contribution in [1.29, 1.82) is 10.5 Å². The predicted octanol–water partition coefficient (Wildman–Crippen LogP) is 1.84. The molecule has 1 atom stereocenters. The van der Waals surface area contributed by atoms with Gasteiger partial charge in [-0.3, -0.25) is 0 Å². The van der Waals surface area contributed by atoms with Gasteiger partial charge in [-0.25, -0.2) is 0 Å². The summed E-state index contributed by atoms with van der Waals surface area (Å²) in [7, 11) is 0. The van der Waals surface area contributed by atoms with Gasteiger partial charge in [0.05, 0.1) is 12.1 Å². The van der Waals surface area contributed by atoms with E-state index in [9.17, 15) is 0 Å². The Morgan fingerprint density at radius 2 is 2.10 bits per heavy atom. The quantitative estimate of drug-likeness (QED) is 0.578. The van der Waals surface area contributed by atoms with E-state index in [-0.39, 0.29) is 0 Å². The second-order valence-electron chi connectivity index (χ2n) is 2.88. The highest BCUT2D eigenvalue weighted by atomic mass is 14.6. The Labute approximate surface area is 61.1 Å². The summed E-state index contributed by atoms with van der Waals surface area (Å²) in [5.74, 6) is 0.368. The van der Waals surface area contributed by atoms with E-state index in [0.717, 1.165) is 19.3 Å². The Kier molecular flexibility index (Phi) is 1.64. The van der Waals surface area contributed by atoms with Crippen LogP contribution in [0.3, 0.4) is 0 Å². The summed E-state index contributed by atoms with van der Waals surface area (Å²) in [6, 6.07) is 4.15. The van der Waals surface area contributed by atoms with Crippen LogP contribution < -0.4 is 0 Å². The normalized spacial score (nSPS) is 26.5. The standard InChI is InChI=1S/C8H10N2/c1-2-3-7-4-8(7,5-9)6-10/h7H,2-4H2,1H3. The summed E-state index contributed by atoms with van der Waals surface area (Å²) in [5, 5.41) is 17.2. The number of nitriles is 2. The van der Waals surface area contributed by atoms with Crippen molar-refractivity contribution in [3.63, 3.8) is 0 Å². The van der Waals surface area contributed by atoms with Crippen molar-refractivity contribution in [3.8, 4) is 12.1 Å². The van der Waals surface area contributed by atoms with Gasteiger partial charge in [-0.05, 0) is 18.8 Å². The molecule has 0 aromatic carbocycles. The van der Waals surface area contributed by atoms with Crippen LogP contribution in [-0.2, 0) is 0 Å². The van der Waals surface area contributed by atoms with E-state index < -0.39 is 5.41 Å². The van der Waals surface area contributed by atoms with Crippen molar-refractivity contribution in [1.82, 2.24) is 0 Å². The smallest absolute Gasteiger partial charge is 0.147 e. The molecule has 0 radical (unpaired) electrons. The second-order valence-corrected chi connectivity index (χ2v) is 2.88. The van der Waals surface area contributed by atoms with E-state index >= 15 is 0 Å². The molecule has 1 saturated carbocycles. The van der Waals surface area contributed by atoms with Gasteiger partial charge in [0.25, 0.3) is 0 Å². The minimum Gasteiger partial charge on any atom is -0.197 e. The van der Waals surface area contributed by atoms with Gasteiger partial charge in [0, 0.05) is 0 Å². The minimum atomic E-state index is -0.587. The molecular formula is C8H10N2. The highest BCUT2D eigenvalue weighted by Crippen LogP contribution is 2.53. The maximum atomic E-state index is 8.58. The van der Waals surface area contributed by atoms with Crippen LogP contribution >= 0.6 is 0 Å². The topological polar surface area (TPSA) is 47.6 Å². The molecule has 0 aromatic rings. The minimum absolute atomic E-state index is 0.368. The van der Waals surface area contributed by atoms with Crippen LogP contribution in [0.4, 0.5) is 0 Å². The van der Waals surface area contributed by atoms with Crippen LogP contribution in [0.5, 0.6) is 0 Å². The Bertz CT molecular complexity index is 192. The first kappa shape index (κ1) is 7.09. The maximum absolute atomic E-state index is 8.58. The zero-order valence-corrected chi connectivity index (χ0v) is 6.09. The predicted molar refractivity (Wildman–Crippen MR) is 36.7 cm³/mol. The molecule has 52 valence electrons. The SMILES string of the molecule is CCCC1CC1(C#N)C#N. The van der Waals surface area contributed by atoms with E-state index in [2.05, 4.69) is 19.1 Å². The zero-order chi connectivity index (χ0) is 7.61. The lowest BCUT2D eigenvalue weighted by Gasteiger charge is -1.92. The van der Waals surface area contributed by atoms with Crippen LogP contribution in [0.1, 0.15) is 26.2 Å². The summed E-state index contributed by atoms with van der Waals surface area (Å²) >= 11 is 0. The van der Waals surface area contributed by atoms with E-state index in [0.29, 0.717) is 5.92 Å². The number of hydrogen-bond donors (Lipinski definition) is 0. The zero-order valence-electron chi connectivity index (χ0n) is 6.09. The molecule has 1 unspecified atom stereocenters. The average molecular weight is 134 g/mol. The first-order valence-electron chi connectivity index (χ1n) is 3.61. The number of rotatable bonds is 2. The van der Waals surface area contributed by atoms with Crippen molar-refractivity contribution < 1.29 is 0 Å². The van der Waals surface area contributed by atoms with Gasteiger partial charge >= 0.3 is 0 Å². The van der Waals surface area contributed by atoms with Gasteiger partial charge in [0.2, 0.25) is 0 Å². The van der Waals surface area contributed by atoms with Crippen LogP contribution in [0, 0.1) is 34.0 Å². The molecule has 1 aliphatic rings. The average Bonchev–Trinajstić information content (AvgIpc) is 2.65. The number of nitrogens with zero attached hydrogens (tertiary/aromatic N) is 2. The third-order valence-electron chi connectivity index (χ3n) is 2.14. The van der Waals surface area contributed by atoms with Gasteiger partial charge < -0.3 is 0 Å². The Morgan fingerprint density at radius 3 is 2.40 bits per heavy atom. The molecule has 0 aliphatic heterocycles. The van der Waals surface area contributed by atoms with Gasteiger partial charge in [-0.15, -0.1) is 0 Å². The van der Waals surface area contributed by atoms with Crippen molar-refractivity contribution in [2.45, 2.75) is 26.2 Å². The summed E-state index contributed by atoms with van der Waals surface area (Å²) in [6.07, 6.45) is 2.91. The fourth-order valence-electron chi connectivity index (χ4n) is 1.33. The molecule has 0 N–H and O–H groups in total. The summed E-state index contributed by atoms with van der Waals surface area (Å²) in [4.78, 5) is 0. The fourth-order valence-corrected chi connectivity index (χ4v) is 1.33. The summed E-state index contributed by atoms with van der Waals surface area (Å²) in [5.41, 5.74) is -0.587. The van der Waals surface area contributed by atoms with Gasteiger partial charge in [0.1, 0.15) is 5.41 Å². The first-order valence-corrected chi connectivity index (χ1v) is 3.61. The molecule has 2 heteroatoms. The van der Waals surface area contributed by atoms with E-state index in [1.54, 1.807) is 0 Å². The first-order chi connectivity index (χ1) is 4.79. The van der Waals surface area contributed by atoms with Crippen LogP contribution in [-0.4, -0.2) is 0 Å². The molecule has 0 bridgehead atoms. The van der Waals surface area contributed by atoms with Crippen molar-refractivity contribution in [3.05, 3.63) is 0 Å². The molecule has 1 rings (SSSR count). The van der Waals surface area contributed by atoms with Crippen molar-refractivity contribution >= 4 is 0 Å². The second kappa shape index (κ2) is 2.31. The molecule has 0 spiro atoms.